The van der Waals surface area contributed by atoms with Gasteiger partial charge in [0.1, 0.15) is 17.8 Å². The lowest BCUT2D eigenvalue weighted by Gasteiger charge is -2.53. The predicted molar refractivity (Wildman–Crippen MR) is 165 cm³/mol. The first-order chi connectivity index (χ1) is 20.0. The summed E-state index contributed by atoms with van der Waals surface area (Å²) in [7, 11) is 0. The number of aryl methyl sites for hydroxylation is 1. The molecule has 0 bridgehead atoms. The Kier molecular flexibility index (Phi) is 11.6. The van der Waals surface area contributed by atoms with Gasteiger partial charge in [0, 0.05) is 18.6 Å². The Bertz CT molecular complexity index is 1180. The maximum atomic E-state index is 13.5. The van der Waals surface area contributed by atoms with Crippen LogP contribution in [0.3, 0.4) is 0 Å². The molecule has 0 aliphatic carbocycles. The number of hydrogen-bond acceptors (Lipinski definition) is 6. The fourth-order valence-electron chi connectivity index (χ4n) is 5.77. The Morgan fingerprint density at radius 2 is 1.55 bits per heavy atom. The van der Waals surface area contributed by atoms with E-state index in [-0.39, 0.29) is 11.9 Å². The minimum Gasteiger partial charge on any atom is -0.469 e. The van der Waals surface area contributed by atoms with Crippen LogP contribution in [0.4, 0.5) is 4.79 Å². The van der Waals surface area contributed by atoms with Crippen molar-refractivity contribution < 1.29 is 23.9 Å². The molecule has 0 aromatic heterocycles. The summed E-state index contributed by atoms with van der Waals surface area (Å²) in [5.41, 5.74) is 1.77. The number of β-lactam (4-membered cyclic amide) rings is 1. The fraction of sp³-hybridized carbons (Fsp3) is 0.559. The Balaban J connectivity index is 1.70. The highest BCUT2D eigenvalue weighted by molar-refractivity contribution is 6.03. The number of nitrogens with one attached hydrogen (secondary N) is 1. The van der Waals surface area contributed by atoms with Crippen LogP contribution in [0.25, 0.3) is 0 Å². The van der Waals surface area contributed by atoms with Crippen molar-refractivity contribution in [3.05, 3.63) is 65.2 Å². The Hall–Kier alpha value is -3.39. The molecule has 1 N–H and O–H groups in total. The molecule has 42 heavy (non-hydrogen) atoms. The van der Waals surface area contributed by atoms with Crippen LogP contribution in [0.2, 0.25) is 0 Å². The van der Waals surface area contributed by atoms with Crippen molar-refractivity contribution in [3.8, 4) is 5.75 Å². The monoisotopic (exact) mass is 579 g/mol. The number of nitrogens with zero attached hydrogens (tertiary/aromatic N) is 2. The number of carbonyl (C=O) groups is 3. The number of benzene rings is 2. The zero-order valence-electron chi connectivity index (χ0n) is 26.6. The van der Waals surface area contributed by atoms with Gasteiger partial charge in [-0.3, -0.25) is 9.69 Å². The average Bonchev–Trinajstić information content (AvgIpc) is 2.96. The maximum Gasteiger partial charge on any atom is 0.338 e. The van der Waals surface area contributed by atoms with E-state index in [4.69, 9.17) is 9.47 Å². The van der Waals surface area contributed by atoms with Gasteiger partial charge in [-0.2, -0.15) is 0 Å². The predicted octanol–water partition coefficient (Wildman–Crippen LogP) is 6.88. The van der Waals surface area contributed by atoms with Gasteiger partial charge in [0.05, 0.1) is 11.6 Å². The van der Waals surface area contributed by atoms with Crippen LogP contribution >= 0.6 is 0 Å². The molecule has 0 unspecified atom stereocenters. The summed E-state index contributed by atoms with van der Waals surface area (Å²) in [6.45, 7) is 17.4. The molecule has 8 nitrogen and oxygen atoms in total. The number of esters is 1. The lowest BCUT2D eigenvalue weighted by molar-refractivity contribution is -0.191. The molecule has 0 saturated carbocycles. The Morgan fingerprint density at radius 1 is 0.952 bits per heavy atom. The van der Waals surface area contributed by atoms with Crippen molar-refractivity contribution in [2.24, 2.45) is 5.41 Å². The van der Waals surface area contributed by atoms with Crippen LogP contribution in [-0.2, 0) is 9.53 Å². The number of hydrogen-bond donors (Lipinski definition) is 1. The van der Waals surface area contributed by atoms with E-state index in [1.165, 1.54) is 4.90 Å². The van der Waals surface area contributed by atoms with Crippen molar-refractivity contribution >= 4 is 17.9 Å². The van der Waals surface area contributed by atoms with E-state index in [0.717, 1.165) is 24.0 Å². The third-order valence-corrected chi connectivity index (χ3v) is 8.43. The fourth-order valence-corrected chi connectivity index (χ4v) is 5.77. The first-order valence-electron chi connectivity index (χ1n) is 15.4. The quantitative estimate of drug-likeness (QED) is 0.194. The van der Waals surface area contributed by atoms with Gasteiger partial charge in [0.25, 0.3) is 0 Å². The standard InChI is InChI=1S/C34H49N3O5/c1-9-12-29(26-15-13-25(8)14-16-26)35-33(40)37-31(39)34(10-2,11-3)32(37)42-28-19-17-27(18-20-28)30(38)41-22-21-36(23(4)5)24(6)7/h13-20,23-24,29,32H,9-12,21-22H2,1-8H3,(H,35,40)/t29-,32+/m1/s1. The molecule has 2 aromatic carbocycles. The van der Waals surface area contributed by atoms with Gasteiger partial charge in [-0.15, -0.1) is 0 Å². The van der Waals surface area contributed by atoms with E-state index in [1.807, 2.05) is 45.0 Å². The number of ether oxygens (including phenoxy) is 2. The first-order valence-corrected chi connectivity index (χ1v) is 15.4. The molecule has 8 heteroatoms. The van der Waals surface area contributed by atoms with Gasteiger partial charge in [-0.05, 0) is 83.7 Å². The number of imide groups is 1. The largest absolute Gasteiger partial charge is 0.469 e. The third-order valence-electron chi connectivity index (χ3n) is 8.43. The highest BCUT2D eigenvalue weighted by Crippen LogP contribution is 2.46. The topological polar surface area (TPSA) is 88.2 Å². The van der Waals surface area contributed by atoms with Gasteiger partial charge < -0.3 is 14.8 Å². The van der Waals surface area contributed by atoms with Crippen LogP contribution < -0.4 is 10.1 Å². The summed E-state index contributed by atoms with van der Waals surface area (Å²) >= 11 is 0. The Morgan fingerprint density at radius 3 is 2.07 bits per heavy atom. The lowest BCUT2D eigenvalue weighted by atomic mass is 9.72. The number of carbonyl (C=O) groups excluding carboxylic acids is 3. The first kappa shape index (κ1) is 33.1. The summed E-state index contributed by atoms with van der Waals surface area (Å²) in [4.78, 5) is 43.0. The molecule has 3 rings (SSSR count). The summed E-state index contributed by atoms with van der Waals surface area (Å²) in [6.07, 6.45) is 1.96. The number of rotatable bonds is 14. The van der Waals surface area contributed by atoms with Gasteiger partial charge in [0.2, 0.25) is 5.91 Å². The van der Waals surface area contributed by atoms with Crippen molar-refractivity contribution in [3.63, 3.8) is 0 Å². The normalized spacial score (nSPS) is 16.9. The number of amides is 3. The molecule has 1 aliphatic rings. The van der Waals surface area contributed by atoms with Crippen molar-refractivity contribution in [2.45, 2.75) is 105 Å². The molecule has 3 amide bonds. The summed E-state index contributed by atoms with van der Waals surface area (Å²) < 4.78 is 11.8. The molecular formula is C34H49N3O5. The summed E-state index contributed by atoms with van der Waals surface area (Å²) in [5.74, 6) is -0.155. The molecular weight excluding hydrogens is 530 g/mol. The third kappa shape index (κ3) is 7.33. The molecule has 1 aliphatic heterocycles. The van der Waals surface area contributed by atoms with E-state index in [9.17, 15) is 14.4 Å². The minimum atomic E-state index is -0.794. The Labute approximate surface area is 251 Å². The molecule has 1 fully saturated rings. The number of likely N-dealkylation sites (tertiary alicyclic amines) is 1. The van der Waals surface area contributed by atoms with E-state index in [2.05, 4.69) is 44.8 Å². The summed E-state index contributed by atoms with van der Waals surface area (Å²) in [5, 5.41) is 3.07. The smallest absolute Gasteiger partial charge is 0.338 e. The minimum absolute atomic E-state index is 0.215. The van der Waals surface area contributed by atoms with Crippen LogP contribution in [-0.4, -0.2) is 59.2 Å². The van der Waals surface area contributed by atoms with Crippen LogP contribution in [0.1, 0.15) is 102 Å². The molecule has 2 aromatic rings. The van der Waals surface area contributed by atoms with Crippen molar-refractivity contribution in [1.82, 2.24) is 15.1 Å². The van der Waals surface area contributed by atoms with Gasteiger partial charge >= 0.3 is 12.0 Å². The second kappa shape index (κ2) is 14.7. The summed E-state index contributed by atoms with van der Waals surface area (Å²) in [6, 6.07) is 14.8. The molecule has 230 valence electrons. The van der Waals surface area contributed by atoms with Crippen LogP contribution in [0.15, 0.2) is 48.5 Å². The van der Waals surface area contributed by atoms with E-state index < -0.39 is 23.6 Å². The van der Waals surface area contributed by atoms with Gasteiger partial charge in [-0.25, -0.2) is 14.5 Å². The van der Waals surface area contributed by atoms with E-state index in [1.54, 1.807) is 24.3 Å². The molecule has 0 radical (unpaired) electrons. The maximum absolute atomic E-state index is 13.5. The van der Waals surface area contributed by atoms with E-state index >= 15 is 0 Å². The van der Waals surface area contributed by atoms with Crippen LogP contribution in [0.5, 0.6) is 5.75 Å². The zero-order valence-corrected chi connectivity index (χ0v) is 26.6. The average molecular weight is 580 g/mol. The van der Waals surface area contributed by atoms with Crippen molar-refractivity contribution in [2.75, 3.05) is 13.2 Å². The van der Waals surface area contributed by atoms with E-state index in [0.29, 0.717) is 49.4 Å². The second-order valence-corrected chi connectivity index (χ2v) is 11.8. The lowest BCUT2D eigenvalue weighted by Crippen LogP contribution is -2.73. The van der Waals surface area contributed by atoms with Gasteiger partial charge in [-0.1, -0.05) is 57.0 Å². The van der Waals surface area contributed by atoms with Gasteiger partial charge in [0.15, 0.2) is 6.23 Å². The molecule has 2 atom stereocenters. The zero-order chi connectivity index (χ0) is 31.0. The highest BCUT2D eigenvalue weighted by Gasteiger charge is 2.63. The number of urea groups is 1. The molecule has 1 heterocycles. The second-order valence-electron chi connectivity index (χ2n) is 11.8. The SMILES string of the molecule is CCC[C@@H](NC(=O)N1C(=O)C(CC)(CC)[C@@H]1Oc1ccc(C(=O)OCCN(C(C)C)C(C)C)cc1)c1ccc(C)cc1. The van der Waals surface area contributed by atoms with Crippen LogP contribution in [0, 0.1) is 12.3 Å². The molecule has 0 spiro atoms. The highest BCUT2D eigenvalue weighted by atomic mass is 16.5. The molecule has 1 saturated heterocycles. The van der Waals surface area contributed by atoms with Crippen molar-refractivity contribution in [1.29, 1.82) is 0 Å².